The molecular weight excluding hydrogens is 216 g/mol. The molecule has 0 atom stereocenters. The first-order valence-corrected chi connectivity index (χ1v) is 7.11. The monoisotopic (exact) mass is 236 g/mol. The van der Waals surface area contributed by atoms with E-state index in [0.29, 0.717) is 4.75 Å². The van der Waals surface area contributed by atoms with Crippen molar-refractivity contribution in [1.82, 2.24) is 0 Å². The van der Waals surface area contributed by atoms with Gasteiger partial charge in [0.1, 0.15) is 0 Å². The summed E-state index contributed by atoms with van der Waals surface area (Å²) in [5, 5.41) is 8.44. The first-order valence-electron chi connectivity index (χ1n) is 4.97. The highest BCUT2D eigenvalue weighted by molar-refractivity contribution is 8.03. The molecule has 0 saturated carbocycles. The number of hydrogen-bond donors (Lipinski definition) is 1. The van der Waals surface area contributed by atoms with Gasteiger partial charge in [-0.2, -0.15) is 11.8 Å². The Morgan fingerprint density at radius 3 is 2.29 bits per heavy atom. The van der Waals surface area contributed by atoms with E-state index in [1.807, 2.05) is 11.8 Å². The molecule has 0 aliphatic rings. The number of thioether (sulfide) groups is 2. The average Bonchev–Trinajstić information content (AvgIpc) is 2.16. The normalized spacial score (nSPS) is 11.6. The maximum absolute atomic E-state index is 10.2. The van der Waals surface area contributed by atoms with E-state index < -0.39 is 5.97 Å². The highest BCUT2D eigenvalue weighted by atomic mass is 32.2. The fourth-order valence-electron chi connectivity index (χ4n) is 0.961. The van der Waals surface area contributed by atoms with Crippen LogP contribution in [-0.2, 0) is 4.79 Å². The third-order valence-corrected chi connectivity index (χ3v) is 5.28. The first kappa shape index (κ1) is 14.2. The highest BCUT2D eigenvalue weighted by Crippen LogP contribution is 2.32. The van der Waals surface area contributed by atoms with Crippen LogP contribution in [0.5, 0.6) is 0 Å². The van der Waals surface area contributed by atoms with E-state index in [-0.39, 0.29) is 5.75 Å². The second-order valence-electron chi connectivity index (χ2n) is 3.45. The maximum atomic E-state index is 10.2. The van der Waals surface area contributed by atoms with Crippen LogP contribution in [0.4, 0.5) is 0 Å². The minimum Gasteiger partial charge on any atom is -0.481 e. The number of carboxylic acid groups (broad SMARTS) is 1. The van der Waals surface area contributed by atoms with Crippen LogP contribution >= 0.6 is 23.5 Å². The Kier molecular flexibility index (Phi) is 7.55. The SMILES string of the molecule is CCC(C)(CC)SCCSCC(=O)O. The molecule has 2 nitrogen and oxygen atoms in total. The van der Waals surface area contributed by atoms with Crippen molar-refractivity contribution in [3.05, 3.63) is 0 Å². The molecule has 0 spiro atoms. The van der Waals surface area contributed by atoms with E-state index in [1.54, 1.807) is 0 Å². The zero-order valence-electron chi connectivity index (χ0n) is 9.21. The van der Waals surface area contributed by atoms with Gasteiger partial charge in [-0.05, 0) is 12.8 Å². The third-order valence-electron chi connectivity index (χ3n) is 2.40. The zero-order chi connectivity index (χ0) is 11.0. The Hall–Kier alpha value is 0.170. The smallest absolute Gasteiger partial charge is 0.313 e. The standard InChI is InChI=1S/C10H20O2S2/c1-4-10(3,5-2)14-7-6-13-8-9(11)12/h4-8H2,1-3H3,(H,11,12). The van der Waals surface area contributed by atoms with Gasteiger partial charge in [-0.3, -0.25) is 4.79 Å². The topological polar surface area (TPSA) is 37.3 Å². The van der Waals surface area contributed by atoms with Crippen LogP contribution in [0.1, 0.15) is 33.6 Å². The highest BCUT2D eigenvalue weighted by Gasteiger charge is 2.19. The van der Waals surface area contributed by atoms with E-state index >= 15 is 0 Å². The van der Waals surface area contributed by atoms with E-state index in [9.17, 15) is 4.79 Å². The summed E-state index contributed by atoms with van der Waals surface area (Å²) < 4.78 is 0.379. The van der Waals surface area contributed by atoms with Crippen molar-refractivity contribution in [2.45, 2.75) is 38.4 Å². The van der Waals surface area contributed by atoms with Crippen molar-refractivity contribution in [3.8, 4) is 0 Å². The molecule has 0 rings (SSSR count). The fourth-order valence-corrected chi connectivity index (χ4v) is 2.99. The van der Waals surface area contributed by atoms with Crippen molar-refractivity contribution in [3.63, 3.8) is 0 Å². The molecule has 0 aliphatic carbocycles. The maximum Gasteiger partial charge on any atom is 0.313 e. The van der Waals surface area contributed by atoms with Crippen LogP contribution in [0.15, 0.2) is 0 Å². The fraction of sp³-hybridized carbons (Fsp3) is 0.900. The van der Waals surface area contributed by atoms with Crippen LogP contribution in [-0.4, -0.2) is 33.1 Å². The molecular formula is C10H20O2S2. The van der Waals surface area contributed by atoms with Crippen molar-refractivity contribution < 1.29 is 9.90 Å². The summed E-state index contributed by atoms with van der Waals surface area (Å²) in [6.07, 6.45) is 2.36. The molecule has 0 fully saturated rings. The summed E-state index contributed by atoms with van der Waals surface area (Å²) in [5.41, 5.74) is 0. The third kappa shape index (κ3) is 6.60. The second kappa shape index (κ2) is 7.46. The van der Waals surface area contributed by atoms with Crippen LogP contribution < -0.4 is 0 Å². The van der Waals surface area contributed by atoms with E-state index in [2.05, 4.69) is 20.8 Å². The van der Waals surface area contributed by atoms with E-state index in [4.69, 9.17) is 5.11 Å². The molecule has 0 heterocycles. The summed E-state index contributed by atoms with van der Waals surface area (Å²) in [7, 11) is 0. The van der Waals surface area contributed by atoms with Crippen LogP contribution in [0.3, 0.4) is 0 Å². The Morgan fingerprint density at radius 2 is 1.86 bits per heavy atom. The predicted octanol–water partition coefficient (Wildman–Crippen LogP) is 3.12. The van der Waals surface area contributed by atoms with Gasteiger partial charge in [0, 0.05) is 16.3 Å². The molecule has 0 unspecified atom stereocenters. The summed E-state index contributed by atoms with van der Waals surface area (Å²) in [4.78, 5) is 10.2. The number of aliphatic carboxylic acids is 1. The Labute approximate surface area is 95.2 Å². The summed E-state index contributed by atoms with van der Waals surface area (Å²) in [6.45, 7) is 6.70. The minimum atomic E-state index is -0.714. The first-order chi connectivity index (χ1) is 6.54. The molecule has 0 aromatic heterocycles. The molecule has 84 valence electrons. The molecule has 0 radical (unpaired) electrons. The van der Waals surface area contributed by atoms with E-state index in [0.717, 1.165) is 11.5 Å². The Balaban J connectivity index is 3.47. The number of hydrogen-bond acceptors (Lipinski definition) is 3. The van der Waals surface area contributed by atoms with Gasteiger partial charge in [-0.1, -0.05) is 20.8 Å². The summed E-state index contributed by atoms with van der Waals surface area (Å²) in [6, 6.07) is 0. The molecule has 4 heteroatoms. The molecule has 1 N–H and O–H groups in total. The summed E-state index contributed by atoms with van der Waals surface area (Å²) in [5.74, 6) is 1.51. The van der Waals surface area contributed by atoms with Gasteiger partial charge < -0.3 is 5.11 Å². The Morgan fingerprint density at radius 1 is 1.29 bits per heavy atom. The van der Waals surface area contributed by atoms with Crippen LogP contribution in [0.25, 0.3) is 0 Å². The lowest BCUT2D eigenvalue weighted by Crippen LogP contribution is -2.18. The number of carbonyl (C=O) groups is 1. The van der Waals surface area contributed by atoms with Gasteiger partial charge in [0.15, 0.2) is 0 Å². The lowest BCUT2D eigenvalue weighted by atomic mass is 10.1. The van der Waals surface area contributed by atoms with Gasteiger partial charge in [-0.15, -0.1) is 11.8 Å². The second-order valence-corrected chi connectivity index (χ2v) is 6.24. The van der Waals surface area contributed by atoms with Gasteiger partial charge >= 0.3 is 5.97 Å². The molecule has 0 amide bonds. The van der Waals surface area contributed by atoms with Crippen molar-refractivity contribution >= 4 is 29.5 Å². The number of carboxylic acids is 1. The molecule has 0 aromatic carbocycles. The Bertz CT molecular complexity index is 168. The van der Waals surface area contributed by atoms with Crippen molar-refractivity contribution in [2.75, 3.05) is 17.3 Å². The zero-order valence-corrected chi connectivity index (χ0v) is 10.8. The van der Waals surface area contributed by atoms with Crippen molar-refractivity contribution in [2.24, 2.45) is 0 Å². The molecule has 14 heavy (non-hydrogen) atoms. The van der Waals surface area contributed by atoms with Crippen molar-refractivity contribution in [1.29, 1.82) is 0 Å². The van der Waals surface area contributed by atoms with E-state index in [1.165, 1.54) is 24.6 Å². The number of rotatable bonds is 8. The minimum absolute atomic E-state index is 0.232. The lowest BCUT2D eigenvalue weighted by Gasteiger charge is -2.25. The van der Waals surface area contributed by atoms with Crippen LogP contribution in [0, 0.1) is 0 Å². The largest absolute Gasteiger partial charge is 0.481 e. The van der Waals surface area contributed by atoms with Gasteiger partial charge in [0.25, 0.3) is 0 Å². The average molecular weight is 236 g/mol. The lowest BCUT2D eigenvalue weighted by molar-refractivity contribution is -0.133. The quantitative estimate of drug-likeness (QED) is 0.657. The van der Waals surface area contributed by atoms with Gasteiger partial charge in [0.05, 0.1) is 5.75 Å². The molecule has 0 aliphatic heterocycles. The van der Waals surface area contributed by atoms with Gasteiger partial charge in [-0.25, -0.2) is 0 Å². The van der Waals surface area contributed by atoms with Crippen LogP contribution in [0.2, 0.25) is 0 Å². The molecule has 0 saturated heterocycles. The van der Waals surface area contributed by atoms with Gasteiger partial charge in [0.2, 0.25) is 0 Å². The predicted molar refractivity (Wildman–Crippen MR) is 66.4 cm³/mol. The summed E-state index contributed by atoms with van der Waals surface area (Å²) >= 11 is 3.46. The molecule has 0 aromatic rings. The molecule has 0 bridgehead atoms.